The molecule has 1 aliphatic heterocycles. The van der Waals surface area contributed by atoms with Gasteiger partial charge in [0.15, 0.2) is 0 Å². The van der Waals surface area contributed by atoms with Gasteiger partial charge in [-0.3, -0.25) is 0 Å². The molecule has 1 aliphatic rings. The number of benzene rings is 1. The highest BCUT2D eigenvalue weighted by Crippen LogP contribution is 2.29. The summed E-state index contributed by atoms with van der Waals surface area (Å²) in [7, 11) is 0. The second kappa shape index (κ2) is 6.76. The van der Waals surface area contributed by atoms with E-state index in [1.54, 1.807) is 0 Å². The van der Waals surface area contributed by atoms with Crippen molar-refractivity contribution in [2.45, 2.75) is 46.2 Å². The molecule has 0 amide bonds. The van der Waals surface area contributed by atoms with Crippen molar-refractivity contribution in [3.8, 4) is 0 Å². The van der Waals surface area contributed by atoms with E-state index < -0.39 is 0 Å². The van der Waals surface area contributed by atoms with Gasteiger partial charge in [0.05, 0.1) is 0 Å². The Kier molecular flexibility index (Phi) is 5.28. The second-order valence-corrected chi connectivity index (χ2v) is 6.67. The van der Waals surface area contributed by atoms with Gasteiger partial charge < -0.3 is 10.2 Å². The van der Waals surface area contributed by atoms with Gasteiger partial charge in [0, 0.05) is 35.8 Å². The topological polar surface area (TPSA) is 15.3 Å². The summed E-state index contributed by atoms with van der Waals surface area (Å²) in [6.07, 6.45) is 2.64. The highest BCUT2D eigenvalue weighted by molar-refractivity contribution is 9.10. The van der Waals surface area contributed by atoms with E-state index in [0.29, 0.717) is 6.04 Å². The Labute approximate surface area is 125 Å². The summed E-state index contributed by atoms with van der Waals surface area (Å²) in [5.74, 6) is 0.876. The number of anilines is 1. The molecule has 0 spiro atoms. The van der Waals surface area contributed by atoms with Crippen LogP contribution in [0.5, 0.6) is 0 Å². The van der Waals surface area contributed by atoms with E-state index in [4.69, 9.17) is 0 Å². The number of nitrogens with one attached hydrogen (secondary N) is 1. The number of hydrogen-bond acceptors (Lipinski definition) is 2. The van der Waals surface area contributed by atoms with E-state index in [0.717, 1.165) is 12.5 Å². The maximum atomic E-state index is 3.71. The van der Waals surface area contributed by atoms with Crippen molar-refractivity contribution < 1.29 is 0 Å². The smallest absolute Gasteiger partial charge is 0.0377 e. The summed E-state index contributed by atoms with van der Waals surface area (Å²) >= 11 is 3.71. The first-order chi connectivity index (χ1) is 9.10. The lowest BCUT2D eigenvalue weighted by Gasteiger charge is -2.20. The Morgan fingerprint density at radius 3 is 2.79 bits per heavy atom. The lowest BCUT2D eigenvalue weighted by atomic mass is 10.1. The largest absolute Gasteiger partial charge is 0.371 e. The molecule has 0 radical (unpaired) electrons. The van der Waals surface area contributed by atoms with Crippen LogP contribution in [-0.2, 0) is 6.54 Å². The maximum Gasteiger partial charge on any atom is 0.0377 e. The van der Waals surface area contributed by atoms with Crippen LogP contribution < -0.4 is 10.2 Å². The number of halogens is 1. The van der Waals surface area contributed by atoms with Crippen molar-refractivity contribution in [2.75, 3.05) is 18.0 Å². The molecule has 1 fully saturated rings. The average Bonchev–Trinajstić information content (AvgIpc) is 2.85. The van der Waals surface area contributed by atoms with E-state index in [-0.39, 0.29) is 0 Å². The summed E-state index contributed by atoms with van der Waals surface area (Å²) < 4.78 is 1.22. The fourth-order valence-electron chi connectivity index (χ4n) is 2.59. The molecule has 0 bridgehead atoms. The average molecular weight is 325 g/mol. The van der Waals surface area contributed by atoms with Crippen LogP contribution in [0.1, 0.15) is 39.2 Å². The lowest BCUT2D eigenvalue weighted by Crippen LogP contribution is -2.22. The van der Waals surface area contributed by atoms with Crippen molar-refractivity contribution in [3.63, 3.8) is 0 Å². The molecule has 3 heteroatoms. The standard InChI is InChI=1S/C16H25BrN2/c1-4-13-7-8-19(11-13)15-6-5-14(16(17)9-15)10-18-12(2)3/h5-6,9,12-13,18H,4,7-8,10-11H2,1-3H3. The minimum atomic E-state index is 0.524. The van der Waals surface area contributed by atoms with Crippen LogP contribution in [0.3, 0.4) is 0 Å². The van der Waals surface area contributed by atoms with Gasteiger partial charge >= 0.3 is 0 Å². The van der Waals surface area contributed by atoms with Gasteiger partial charge in [-0.2, -0.15) is 0 Å². The van der Waals surface area contributed by atoms with Crippen LogP contribution in [-0.4, -0.2) is 19.1 Å². The molecule has 1 saturated heterocycles. The van der Waals surface area contributed by atoms with Gasteiger partial charge in [-0.05, 0) is 30.0 Å². The minimum absolute atomic E-state index is 0.524. The molecule has 0 aromatic heterocycles. The highest BCUT2D eigenvalue weighted by Gasteiger charge is 2.21. The lowest BCUT2D eigenvalue weighted by molar-refractivity contribution is 0.569. The third-order valence-electron chi connectivity index (χ3n) is 3.97. The first-order valence-electron chi connectivity index (χ1n) is 7.37. The first kappa shape index (κ1) is 14.9. The molecule has 0 saturated carbocycles. The molecule has 1 atom stereocenters. The monoisotopic (exact) mass is 324 g/mol. The van der Waals surface area contributed by atoms with Gasteiger partial charge in [0.1, 0.15) is 0 Å². The third kappa shape index (κ3) is 3.96. The molecule has 1 unspecified atom stereocenters. The molecule has 1 aromatic rings. The Hall–Kier alpha value is -0.540. The summed E-state index contributed by atoms with van der Waals surface area (Å²) in [4.78, 5) is 2.51. The minimum Gasteiger partial charge on any atom is -0.371 e. The zero-order valence-electron chi connectivity index (χ0n) is 12.2. The van der Waals surface area contributed by atoms with Gasteiger partial charge in [-0.1, -0.05) is 49.2 Å². The number of rotatable bonds is 5. The van der Waals surface area contributed by atoms with Gasteiger partial charge in [-0.25, -0.2) is 0 Å². The SMILES string of the molecule is CCC1CCN(c2ccc(CNC(C)C)c(Br)c2)C1. The second-order valence-electron chi connectivity index (χ2n) is 5.82. The first-order valence-corrected chi connectivity index (χ1v) is 8.16. The normalized spacial score (nSPS) is 19.4. The summed E-state index contributed by atoms with van der Waals surface area (Å²) in [6.45, 7) is 10.00. The van der Waals surface area contributed by atoms with Crippen LogP contribution >= 0.6 is 15.9 Å². The molecule has 1 N–H and O–H groups in total. The Bertz CT molecular complexity index is 417. The molecule has 1 aromatic carbocycles. The highest BCUT2D eigenvalue weighted by atomic mass is 79.9. The van der Waals surface area contributed by atoms with E-state index in [1.165, 1.54) is 41.7 Å². The number of nitrogens with zero attached hydrogens (tertiary/aromatic N) is 1. The molecule has 0 aliphatic carbocycles. The predicted octanol–water partition coefficient (Wildman–Crippen LogP) is 4.18. The van der Waals surface area contributed by atoms with Crippen LogP contribution in [0.2, 0.25) is 0 Å². The molecular weight excluding hydrogens is 300 g/mol. The van der Waals surface area contributed by atoms with Crippen LogP contribution in [0.4, 0.5) is 5.69 Å². The summed E-state index contributed by atoms with van der Waals surface area (Å²) in [5.41, 5.74) is 2.69. The Balaban J connectivity index is 2.02. The molecular formula is C16H25BrN2. The zero-order valence-corrected chi connectivity index (χ0v) is 13.8. The van der Waals surface area contributed by atoms with Crippen molar-refractivity contribution in [1.82, 2.24) is 5.32 Å². The van der Waals surface area contributed by atoms with Crippen molar-refractivity contribution in [2.24, 2.45) is 5.92 Å². The fraction of sp³-hybridized carbons (Fsp3) is 0.625. The fourth-order valence-corrected chi connectivity index (χ4v) is 3.10. The molecule has 2 nitrogen and oxygen atoms in total. The Morgan fingerprint density at radius 1 is 1.42 bits per heavy atom. The zero-order chi connectivity index (χ0) is 13.8. The third-order valence-corrected chi connectivity index (χ3v) is 4.70. The van der Waals surface area contributed by atoms with Gasteiger partial charge in [0.2, 0.25) is 0 Å². The van der Waals surface area contributed by atoms with Crippen molar-refractivity contribution in [3.05, 3.63) is 28.2 Å². The molecule has 19 heavy (non-hydrogen) atoms. The quantitative estimate of drug-likeness (QED) is 0.873. The summed E-state index contributed by atoms with van der Waals surface area (Å²) in [5, 5.41) is 3.46. The van der Waals surface area contributed by atoms with Crippen LogP contribution in [0, 0.1) is 5.92 Å². The Morgan fingerprint density at radius 2 is 2.21 bits per heavy atom. The molecule has 2 rings (SSSR count). The van der Waals surface area contributed by atoms with E-state index in [2.05, 4.69) is 65.1 Å². The molecule has 1 heterocycles. The molecule has 106 valence electrons. The van der Waals surface area contributed by atoms with Gasteiger partial charge in [0.25, 0.3) is 0 Å². The number of hydrogen-bond donors (Lipinski definition) is 1. The van der Waals surface area contributed by atoms with Crippen LogP contribution in [0.15, 0.2) is 22.7 Å². The van der Waals surface area contributed by atoms with E-state index in [1.807, 2.05) is 0 Å². The predicted molar refractivity (Wildman–Crippen MR) is 86.7 cm³/mol. The maximum absolute atomic E-state index is 3.71. The summed E-state index contributed by atoms with van der Waals surface area (Å²) in [6, 6.07) is 7.30. The van der Waals surface area contributed by atoms with Crippen molar-refractivity contribution in [1.29, 1.82) is 0 Å². The van der Waals surface area contributed by atoms with E-state index in [9.17, 15) is 0 Å². The van der Waals surface area contributed by atoms with Gasteiger partial charge in [-0.15, -0.1) is 0 Å². The van der Waals surface area contributed by atoms with Crippen LogP contribution in [0.25, 0.3) is 0 Å². The van der Waals surface area contributed by atoms with E-state index >= 15 is 0 Å². The van der Waals surface area contributed by atoms with Crippen molar-refractivity contribution >= 4 is 21.6 Å².